The SMILES string of the molecule is O=C(Cc1cc(Cl)ccc1Cl)c1cccnc1. The van der Waals surface area contributed by atoms with E-state index in [1.807, 2.05) is 0 Å². The fourth-order valence-corrected chi connectivity index (χ4v) is 1.86. The van der Waals surface area contributed by atoms with Crippen LogP contribution in [-0.4, -0.2) is 10.8 Å². The van der Waals surface area contributed by atoms with Crippen LogP contribution in [0.25, 0.3) is 0 Å². The largest absolute Gasteiger partial charge is 0.294 e. The van der Waals surface area contributed by atoms with Crippen molar-refractivity contribution in [3.05, 3.63) is 63.9 Å². The molecule has 2 aromatic rings. The third kappa shape index (κ3) is 3.05. The van der Waals surface area contributed by atoms with Crippen LogP contribution in [0.3, 0.4) is 0 Å². The van der Waals surface area contributed by atoms with E-state index in [9.17, 15) is 4.79 Å². The summed E-state index contributed by atoms with van der Waals surface area (Å²) in [6, 6.07) is 8.55. The van der Waals surface area contributed by atoms with E-state index in [2.05, 4.69) is 4.98 Å². The summed E-state index contributed by atoms with van der Waals surface area (Å²) < 4.78 is 0. The highest BCUT2D eigenvalue weighted by molar-refractivity contribution is 6.33. The minimum absolute atomic E-state index is 0.0257. The van der Waals surface area contributed by atoms with Crippen molar-refractivity contribution in [2.24, 2.45) is 0 Å². The number of carbonyl (C=O) groups excluding carboxylic acids is 1. The zero-order valence-electron chi connectivity index (χ0n) is 8.86. The van der Waals surface area contributed by atoms with E-state index in [1.165, 1.54) is 0 Å². The Morgan fingerprint density at radius 2 is 2.06 bits per heavy atom. The maximum atomic E-state index is 11.9. The van der Waals surface area contributed by atoms with Gasteiger partial charge in [0.15, 0.2) is 5.78 Å². The predicted octanol–water partition coefficient (Wildman–Crippen LogP) is 3.81. The summed E-state index contributed by atoms with van der Waals surface area (Å²) in [6.45, 7) is 0. The highest BCUT2D eigenvalue weighted by Gasteiger charge is 2.10. The molecular weight excluding hydrogens is 257 g/mol. The monoisotopic (exact) mass is 265 g/mol. The van der Waals surface area contributed by atoms with Crippen LogP contribution >= 0.6 is 23.2 Å². The molecule has 0 unspecified atom stereocenters. The summed E-state index contributed by atoms with van der Waals surface area (Å²) in [7, 11) is 0. The minimum Gasteiger partial charge on any atom is -0.294 e. The van der Waals surface area contributed by atoms with Crippen molar-refractivity contribution in [3.8, 4) is 0 Å². The lowest BCUT2D eigenvalue weighted by Crippen LogP contribution is -2.04. The molecule has 0 aliphatic rings. The van der Waals surface area contributed by atoms with Crippen molar-refractivity contribution in [1.29, 1.82) is 0 Å². The first-order valence-electron chi connectivity index (χ1n) is 5.04. The van der Waals surface area contributed by atoms with Gasteiger partial charge in [0.1, 0.15) is 0 Å². The normalized spacial score (nSPS) is 10.2. The van der Waals surface area contributed by atoms with E-state index in [1.54, 1.807) is 42.7 Å². The molecular formula is C13H9Cl2NO. The minimum atomic E-state index is -0.0257. The van der Waals surface area contributed by atoms with Crippen LogP contribution in [0.5, 0.6) is 0 Å². The molecule has 0 N–H and O–H groups in total. The highest BCUT2D eigenvalue weighted by atomic mass is 35.5. The summed E-state index contributed by atoms with van der Waals surface area (Å²) in [5, 5.41) is 1.12. The molecule has 1 heterocycles. The van der Waals surface area contributed by atoms with Gasteiger partial charge in [-0.3, -0.25) is 9.78 Å². The number of halogens is 2. The molecule has 0 saturated carbocycles. The lowest BCUT2D eigenvalue weighted by atomic mass is 10.0. The highest BCUT2D eigenvalue weighted by Crippen LogP contribution is 2.22. The molecule has 0 aliphatic carbocycles. The molecule has 0 amide bonds. The standard InChI is InChI=1S/C13H9Cl2NO/c14-11-3-4-12(15)10(6-11)7-13(17)9-2-1-5-16-8-9/h1-6,8H,7H2. The van der Waals surface area contributed by atoms with Gasteiger partial charge < -0.3 is 0 Å². The molecule has 1 aromatic heterocycles. The lowest BCUT2D eigenvalue weighted by Gasteiger charge is -2.04. The van der Waals surface area contributed by atoms with Gasteiger partial charge in [0, 0.05) is 34.4 Å². The Morgan fingerprint density at radius 3 is 2.76 bits per heavy atom. The number of ketones is 1. The Bertz CT molecular complexity index is 540. The number of nitrogens with zero attached hydrogens (tertiary/aromatic N) is 1. The van der Waals surface area contributed by atoms with E-state index in [0.29, 0.717) is 15.6 Å². The van der Waals surface area contributed by atoms with Crippen LogP contribution in [0.1, 0.15) is 15.9 Å². The summed E-state index contributed by atoms with van der Waals surface area (Å²) in [5.74, 6) is -0.0257. The molecule has 4 heteroatoms. The molecule has 2 rings (SSSR count). The van der Waals surface area contributed by atoms with E-state index < -0.39 is 0 Å². The van der Waals surface area contributed by atoms with Gasteiger partial charge >= 0.3 is 0 Å². The average Bonchev–Trinajstić information content (AvgIpc) is 2.35. The number of hydrogen-bond acceptors (Lipinski definition) is 2. The molecule has 86 valence electrons. The zero-order valence-corrected chi connectivity index (χ0v) is 10.4. The number of rotatable bonds is 3. The molecule has 0 spiro atoms. The number of carbonyl (C=O) groups is 1. The molecule has 17 heavy (non-hydrogen) atoms. The van der Waals surface area contributed by atoms with Gasteiger partial charge in [0.05, 0.1) is 0 Å². The fraction of sp³-hybridized carbons (Fsp3) is 0.0769. The number of Topliss-reactive ketones (excluding diaryl/α,β-unsaturated/α-hetero) is 1. The van der Waals surface area contributed by atoms with Gasteiger partial charge in [-0.2, -0.15) is 0 Å². The summed E-state index contributed by atoms with van der Waals surface area (Å²) in [6.07, 6.45) is 3.40. The van der Waals surface area contributed by atoms with Crippen molar-refractivity contribution >= 4 is 29.0 Å². The van der Waals surface area contributed by atoms with Gasteiger partial charge in [-0.25, -0.2) is 0 Å². The Labute approximate surface area is 109 Å². The van der Waals surface area contributed by atoms with Crippen molar-refractivity contribution in [2.75, 3.05) is 0 Å². The second-order valence-corrected chi connectivity index (χ2v) is 4.42. The van der Waals surface area contributed by atoms with Crippen molar-refractivity contribution in [1.82, 2.24) is 4.98 Å². The molecule has 1 aromatic carbocycles. The first-order valence-corrected chi connectivity index (χ1v) is 5.79. The maximum Gasteiger partial charge on any atom is 0.168 e. The molecule has 0 radical (unpaired) electrons. The second kappa shape index (κ2) is 5.30. The Kier molecular flexibility index (Phi) is 3.77. The van der Waals surface area contributed by atoms with Crippen LogP contribution in [0.15, 0.2) is 42.7 Å². The topological polar surface area (TPSA) is 30.0 Å². The number of benzene rings is 1. The second-order valence-electron chi connectivity index (χ2n) is 3.58. The Hall–Kier alpha value is -1.38. The van der Waals surface area contributed by atoms with Crippen LogP contribution in [0.4, 0.5) is 0 Å². The molecule has 0 saturated heterocycles. The van der Waals surface area contributed by atoms with E-state index >= 15 is 0 Å². The molecule has 0 atom stereocenters. The van der Waals surface area contributed by atoms with Crippen LogP contribution in [0, 0.1) is 0 Å². The van der Waals surface area contributed by atoms with Crippen molar-refractivity contribution in [2.45, 2.75) is 6.42 Å². The average molecular weight is 266 g/mol. The molecule has 0 aliphatic heterocycles. The molecule has 0 fully saturated rings. The summed E-state index contributed by atoms with van der Waals surface area (Å²) >= 11 is 11.9. The predicted molar refractivity (Wildman–Crippen MR) is 68.7 cm³/mol. The van der Waals surface area contributed by atoms with Gasteiger partial charge in [0.25, 0.3) is 0 Å². The third-order valence-corrected chi connectivity index (χ3v) is 2.95. The van der Waals surface area contributed by atoms with E-state index in [0.717, 1.165) is 5.56 Å². The first-order chi connectivity index (χ1) is 8.16. The van der Waals surface area contributed by atoms with Crippen LogP contribution in [0.2, 0.25) is 10.0 Å². The fourth-order valence-electron chi connectivity index (χ4n) is 1.48. The first kappa shape index (κ1) is 12.1. The number of aromatic nitrogens is 1. The zero-order chi connectivity index (χ0) is 12.3. The van der Waals surface area contributed by atoms with Gasteiger partial charge in [-0.15, -0.1) is 0 Å². The quantitative estimate of drug-likeness (QED) is 0.790. The molecule has 2 nitrogen and oxygen atoms in total. The van der Waals surface area contributed by atoms with Crippen molar-refractivity contribution < 1.29 is 4.79 Å². The van der Waals surface area contributed by atoms with E-state index in [4.69, 9.17) is 23.2 Å². The summed E-state index contributed by atoms with van der Waals surface area (Å²) in [4.78, 5) is 15.8. The smallest absolute Gasteiger partial charge is 0.168 e. The van der Waals surface area contributed by atoms with Crippen LogP contribution in [-0.2, 0) is 6.42 Å². The van der Waals surface area contributed by atoms with Gasteiger partial charge in [-0.1, -0.05) is 23.2 Å². The Morgan fingerprint density at radius 1 is 1.24 bits per heavy atom. The number of pyridine rings is 1. The number of hydrogen-bond donors (Lipinski definition) is 0. The van der Waals surface area contributed by atoms with Crippen molar-refractivity contribution in [3.63, 3.8) is 0 Å². The van der Waals surface area contributed by atoms with Gasteiger partial charge in [0.2, 0.25) is 0 Å². The van der Waals surface area contributed by atoms with Gasteiger partial charge in [-0.05, 0) is 35.9 Å². The maximum absolute atomic E-state index is 11.9. The Balaban J connectivity index is 2.22. The lowest BCUT2D eigenvalue weighted by molar-refractivity contribution is 0.0992. The van der Waals surface area contributed by atoms with E-state index in [-0.39, 0.29) is 12.2 Å². The third-order valence-electron chi connectivity index (χ3n) is 2.34. The van der Waals surface area contributed by atoms with Crippen LogP contribution < -0.4 is 0 Å². The molecule has 0 bridgehead atoms. The summed E-state index contributed by atoms with van der Waals surface area (Å²) in [5.41, 5.74) is 1.30.